The Morgan fingerprint density at radius 2 is 2.11 bits per heavy atom. The van der Waals surface area contributed by atoms with E-state index in [1.807, 2.05) is 6.07 Å². The van der Waals surface area contributed by atoms with Gasteiger partial charge in [0.1, 0.15) is 11.6 Å². The fraction of sp³-hybridized carbons (Fsp3) is 0.238. The van der Waals surface area contributed by atoms with Crippen LogP contribution in [0.3, 0.4) is 0 Å². The largest absolute Gasteiger partial charge is 0.493 e. The van der Waals surface area contributed by atoms with E-state index in [0.29, 0.717) is 28.7 Å². The summed E-state index contributed by atoms with van der Waals surface area (Å²) in [6, 6.07) is 7.37. The van der Waals surface area contributed by atoms with Crippen molar-refractivity contribution in [3.8, 4) is 11.5 Å². The molecule has 146 valence electrons. The first kappa shape index (κ1) is 19.7. The third-order valence-electron chi connectivity index (χ3n) is 4.03. The summed E-state index contributed by atoms with van der Waals surface area (Å²) in [5, 5.41) is 8.02. The molecule has 1 heterocycles. The van der Waals surface area contributed by atoms with Crippen LogP contribution in [0.5, 0.6) is 11.5 Å². The summed E-state index contributed by atoms with van der Waals surface area (Å²) in [6.45, 7) is 4.00. The van der Waals surface area contributed by atoms with E-state index in [1.54, 1.807) is 42.8 Å². The molecule has 6 nitrogen and oxygen atoms in total. The molecule has 0 radical (unpaired) electrons. The molecule has 3 rings (SSSR count). The van der Waals surface area contributed by atoms with Gasteiger partial charge in [0.2, 0.25) is 5.91 Å². The second kappa shape index (κ2) is 9.23. The smallest absolute Gasteiger partial charge is 0.254 e. The Bertz CT molecular complexity index is 900. The number of ether oxygens (including phenoxy) is 2. The maximum atomic E-state index is 12.3. The van der Waals surface area contributed by atoms with E-state index in [9.17, 15) is 9.59 Å². The molecule has 2 amide bonds. The van der Waals surface area contributed by atoms with Crippen LogP contribution in [0, 0.1) is 0 Å². The highest BCUT2D eigenvalue weighted by Gasteiger charge is 2.25. The minimum absolute atomic E-state index is 0.150. The Hall–Kier alpha value is -3.06. The zero-order chi connectivity index (χ0) is 19.9. The van der Waals surface area contributed by atoms with Crippen LogP contribution < -0.4 is 20.1 Å². The van der Waals surface area contributed by atoms with Crippen molar-refractivity contribution in [2.45, 2.75) is 18.9 Å². The molecule has 0 unspecified atom stereocenters. The van der Waals surface area contributed by atoms with E-state index in [0.717, 1.165) is 18.4 Å². The molecule has 7 heteroatoms. The van der Waals surface area contributed by atoms with Crippen molar-refractivity contribution in [1.29, 1.82) is 0 Å². The number of rotatable bonds is 9. The Morgan fingerprint density at radius 3 is 2.82 bits per heavy atom. The van der Waals surface area contributed by atoms with Gasteiger partial charge in [-0.05, 0) is 48.1 Å². The van der Waals surface area contributed by atoms with Crippen LogP contribution in [0.1, 0.15) is 28.8 Å². The first-order valence-electron chi connectivity index (χ1n) is 8.90. The molecule has 1 aliphatic carbocycles. The van der Waals surface area contributed by atoms with E-state index in [1.165, 1.54) is 17.4 Å². The predicted molar refractivity (Wildman–Crippen MR) is 111 cm³/mol. The number of nitrogens with one attached hydrogen (secondary N) is 2. The van der Waals surface area contributed by atoms with Crippen LogP contribution >= 0.6 is 11.3 Å². The summed E-state index contributed by atoms with van der Waals surface area (Å²) < 4.78 is 10.8. The van der Waals surface area contributed by atoms with Gasteiger partial charge in [0.25, 0.3) is 5.91 Å². The van der Waals surface area contributed by atoms with E-state index < -0.39 is 0 Å². The molecule has 2 N–H and O–H groups in total. The Balaban J connectivity index is 1.63. The van der Waals surface area contributed by atoms with Crippen molar-refractivity contribution in [2.75, 3.05) is 19.0 Å². The lowest BCUT2D eigenvalue weighted by molar-refractivity contribution is -0.111. The number of thiophene rings is 1. The van der Waals surface area contributed by atoms with E-state index in [-0.39, 0.29) is 17.9 Å². The highest BCUT2D eigenvalue weighted by molar-refractivity contribution is 7.14. The van der Waals surface area contributed by atoms with Crippen molar-refractivity contribution >= 4 is 34.2 Å². The average molecular weight is 398 g/mol. The minimum atomic E-state index is -0.311. The number of carbonyl (C=O) groups is 2. The number of hydrogen-bond acceptors (Lipinski definition) is 5. The quantitative estimate of drug-likeness (QED) is 0.497. The van der Waals surface area contributed by atoms with Gasteiger partial charge in [0, 0.05) is 12.1 Å². The molecule has 0 aliphatic heterocycles. The van der Waals surface area contributed by atoms with Crippen LogP contribution in [0.25, 0.3) is 6.08 Å². The molecule has 0 spiro atoms. The van der Waals surface area contributed by atoms with Gasteiger partial charge in [-0.15, -0.1) is 11.3 Å². The van der Waals surface area contributed by atoms with Gasteiger partial charge < -0.3 is 20.1 Å². The maximum Gasteiger partial charge on any atom is 0.254 e. The zero-order valence-electron chi connectivity index (χ0n) is 15.6. The van der Waals surface area contributed by atoms with Crippen molar-refractivity contribution in [3.05, 3.63) is 59.5 Å². The predicted octanol–water partition coefficient (Wildman–Crippen LogP) is 3.87. The lowest BCUT2D eigenvalue weighted by atomic mass is 10.2. The van der Waals surface area contributed by atoms with Crippen molar-refractivity contribution in [1.82, 2.24) is 5.32 Å². The summed E-state index contributed by atoms with van der Waals surface area (Å²) in [4.78, 5) is 24.5. The molecule has 0 bridgehead atoms. The normalized spacial score (nSPS) is 13.2. The second-order valence-electron chi connectivity index (χ2n) is 6.24. The summed E-state index contributed by atoms with van der Waals surface area (Å²) >= 11 is 1.32. The van der Waals surface area contributed by atoms with E-state index in [2.05, 4.69) is 17.2 Å². The molecule has 1 fully saturated rings. The lowest BCUT2D eigenvalue weighted by Gasteiger charge is -2.09. The van der Waals surface area contributed by atoms with Crippen molar-refractivity contribution in [3.63, 3.8) is 0 Å². The van der Waals surface area contributed by atoms with Crippen LogP contribution in [0.2, 0.25) is 0 Å². The number of hydrogen-bond donors (Lipinski definition) is 2. The first-order valence-corrected chi connectivity index (χ1v) is 9.78. The summed E-state index contributed by atoms with van der Waals surface area (Å²) in [5.74, 6) is 0.715. The molecule has 2 aromatic rings. The number of anilines is 1. The molecule has 1 aromatic carbocycles. The highest BCUT2D eigenvalue weighted by Crippen LogP contribution is 2.29. The number of amides is 2. The summed E-state index contributed by atoms with van der Waals surface area (Å²) in [5.41, 5.74) is 1.28. The minimum Gasteiger partial charge on any atom is -0.493 e. The molecular formula is C21H22N2O4S. The third-order valence-corrected chi connectivity index (χ3v) is 4.86. The molecule has 28 heavy (non-hydrogen) atoms. The maximum absolute atomic E-state index is 12.3. The summed E-state index contributed by atoms with van der Waals surface area (Å²) in [7, 11) is 1.56. The number of benzene rings is 1. The lowest BCUT2D eigenvalue weighted by Crippen LogP contribution is -2.26. The second-order valence-corrected chi connectivity index (χ2v) is 7.16. The molecule has 0 atom stereocenters. The van der Waals surface area contributed by atoms with Crippen LogP contribution in [-0.2, 0) is 4.79 Å². The molecule has 1 aliphatic rings. The van der Waals surface area contributed by atoms with E-state index >= 15 is 0 Å². The fourth-order valence-electron chi connectivity index (χ4n) is 2.46. The SMILES string of the molecule is C=CCOc1ccc(/C=C/C(=O)Nc2sccc2C(=O)NC2CC2)cc1OC. The summed E-state index contributed by atoms with van der Waals surface area (Å²) in [6.07, 6.45) is 6.78. The van der Waals surface area contributed by atoms with Gasteiger partial charge in [-0.3, -0.25) is 9.59 Å². The van der Waals surface area contributed by atoms with Gasteiger partial charge in [-0.2, -0.15) is 0 Å². The molecular weight excluding hydrogens is 376 g/mol. The Morgan fingerprint density at radius 1 is 1.29 bits per heavy atom. The average Bonchev–Trinajstić information content (AvgIpc) is 3.39. The highest BCUT2D eigenvalue weighted by atomic mass is 32.1. The van der Waals surface area contributed by atoms with Crippen molar-refractivity contribution < 1.29 is 19.1 Å². The topological polar surface area (TPSA) is 76.7 Å². The van der Waals surface area contributed by atoms with Crippen LogP contribution in [0.4, 0.5) is 5.00 Å². The number of carbonyl (C=O) groups excluding carboxylic acids is 2. The standard InChI is InChI=1S/C21H22N2O4S/c1-3-11-27-17-8-4-14(13-18(17)26-2)5-9-19(24)23-21-16(10-12-28-21)20(25)22-15-6-7-15/h3-5,8-10,12-13,15H,1,6-7,11H2,2H3,(H,22,25)(H,23,24)/b9-5+. The zero-order valence-corrected chi connectivity index (χ0v) is 16.4. The first-order chi connectivity index (χ1) is 13.6. The third kappa shape index (κ3) is 5.23. The van der Waals surface area contributed by atoms with Gasteiger partial charge in [0.15, 0.2) is 11.5 Å². The van der Waals surface area contributed by atoms with Crippen LogP contribution in [-0.4, -0.2) is 31.6 Å². The van der Waals surface area contributed by atoms with Gasteiger partial charge in [0.05, 0.1) is 12.7 Å². The molecule has 0 saturated heterocycles. The van der Waals surface area contributed by atoms with E-state index in [4.69, 9.17) is 9.47 Å². The molecule has 1 saturated carbocycles. The fourth-order valence-corrected chi connectivity index (χ4v) is 3.24. The van der Waals surface area contributed by atoms with Crippen molar-refractivity contribution in [2.24, 2.45) is 0 Å². The number of methoxy groups -OCH3 is 1. The Kier molecular flexibility index (Phi) is 6.49. The Labute approximate surface area is 167 Å². The van der Waals surface area contributed by atoms with Gasteiger partial charge in [-0.25, -0.2) is 0 Å². The van der Waals surface area contributed by atoms with Crippen LogP contribution in [0.15, 0.2) is 48.4 Å². The molecule has 1 aromatic heterocycles. The monoisotopic (exact) mass is 398 g/mol. The van der Waals surface area contributed by atoms with Gasteiger partial charge in [-0.1, -0.05) is 18.7 Å². The van der Waals surface area contributed by atoms with Gasteiger partial charge >= 0.3 is 0 Å².